The molecule has 0 aliphatic rings. The number of hydrogen-bond donors (Lipinski definition) is 0. The average Bonchev–Trinajstić information content (AvgIpc) is 2.89. The lowest BCUT2D eigenvalue weighted by molar-refractivity contribution is 0.123. The Morgan fingerprint density at radius 3 is 2.89 bits per heavy atom. The minimum atomic E-state index is 0.600. The van der Waals surface area contributed by atoms with E-state index in [1.165, 1.54) is 4.88 Å². The first-order valence-electron chi connectivity index (χ1n) is 5.72. The molecule has 1 aromatic heterocycles. The summed E-state index contributed by atoms with van der Waals surface area (Å²) in [5.41, 5.74) is 1.11. The van der Waals surface area contributed by atoms with Gasteiger partial charge in [-0.3, -0.25) is 0 Å². The van der Waals surface area contributed by atoms with E-state index in [9.17, 15) is 0 Å². The van der Waals surface area contributed by atoms with Crippen LogP contribution in [-0.4, -0.2) is 13.7 Å². The first-order valence-corrected chi connectivity index (χ1v) is 7.39. The molecule has 96 valence electrons. The summed E-state index contributed by atoms with van der Waals surface area (Å²) in [5.74, 6) is 0.857. The van der Waals surface area contributed by atoms with Crippen molar-refractivity contribution in [2.45, 2.75) is 13.0 Å². The number of thiophene rings is 1. The van der Waals surface area contributed by atoms with Crippen molar-refractivity contribution in [1.82, 2.24) is 0 Å². The fourth-order valence-corrected chi connectivity index (χ4v) is 2.65. The second-order valence-corrected chi connectivity index (χ2v) is 5.73. The fraction of sp³-hybridized carbons (Fsp3) is 0.286. The molecule has 0 saturated carbocycles. The van der Waals surface area contributed by atoms with Gasteiger partial charge in [-0.2, -0.15) is 0 Å². The Labute approximate surface area is 120 Å². The molecule has 18 heavy (non-hydrogen) atoms. The maximum Gasteiger partial charge on any atom is 0.119 e. The van der Waals surface area contributed by atoms with Crippen molar-refractivity contribution >= 4 is 27.3 Å². The molecule has 0 spiro atoms. The Morgan fingerprint density at radius 1 is 1.28 bits per heavy atom. The molecule has 0 unspecified atom stereocenters. The SMILES string of the molecule is COc1ccc(Br)c(COCCc2cccs2)c1. The minimum Gasteiger partial charge on any atom is -0.497 e. The molecule has 0 fully saturated rings. The molecule has 2 aromatic rings. The van der Waals surface area contributed by atoms with E-state index in [0.29, 0.717) is 6.61 Å². The predicted molar refractivity (Wildman–Crippen MR) is 78.4 cm³/mol. The van der Waals surface area contributed by atoms with E-state index < -0.39 is 0 Å². The van der Waals surface area contributed by atoms with Crippen molar-refractivity contribution in [3.8, 4) is 5.75 Å². The zero-order chi connectivity index (χ0) is 12.8. The van der Waals surface area contributed by atoms with Crippen LogP contribution in [0.5, 0.6) is 5.75 Å². The summed E-state index contributed by atoms with van der Waals surface area (Å²) in [5, 5.41) is 2.09. The van der Waals surface area contributed by atoms with E-state index in [4.69, 9.17) is 9.47 Å². The molecule has 0 aliphatic heterocycles. The first-order chi connectivity index (χ1) is 8.79. The van der Waals surface area contributed by atoms with E-state index in [0.717, 1.165) is 28.8 Å². The van der Waals surface area contributed by atoms with Crippen LogP contribution in [0.25, 0.3) is 0 Å². The minimum absolute atomic E-state index is 0.600. The van der Waals surface area contributed by atoms with Gasteiger partial charge in [-0.25, -0.2) is 0 Å². The lowest BCUT2D eigenvalue weighted by atomic mass is 10.2. The van der Waals surface area contributed by atoms with Crippen molar-refractivity contribution < 1.29 is 9.47 Å². The van der Waals surface area contributed by atoms with Crippen LogP contribution in [0.1, 0.15) is 10.4 Å². The molecule has 2 nitrogen and oxygen atoms in total. The lowest BCUT2D eigenvalue weighted by Crippen LogP contribution is -1.99. The maximum absolute atomic E-state index is 5.69. The number of rotatable bonds is 6. The molecular formula is C14H15BrO2S. The number of benzene rings is 1. The van der Waals surface area contributed by atoms with E-state index >= 15 is 0 Å². The predicted octanol–water partition coefficient (Wildman–Crippen LogP) is 4.28. The van der Waals surface area contributed by atoms with Crippen LogP contribution in [0, 0.1) is 0 Å². The maximum atomic E-state index is 5.69. The summed E-state index contributed by atoms with van der Waals surface area (Å²) in [6.45, 7) is 1.34. The van der Waals surface area contributed by atoms with Crippen LogP contribution in [0.4, 0.5) is 0 Å². The average molecular weight is 327 g/mol. The van der Waals surface area contributed by atoms with Gasteiger partial charge in [-0.1, -0.05) is 22.0 Å². The third kappa shape index (κ3) is 3.83. The Hall–Kier alpha value is -0.840. The summed E-state index contributed by atoms with van der Waals surface area (Å²) >= 11 is 5.29. The molecular weight excluding hydrogens is 312 g/mol. The largest absolute Gasteiger partial charge is 0.497 e. The molecule has 1 aromatic carbocycles. The summed E-state index contributed by atoms with van der Waals surface area (Å²) in [7, 11) is 1.67. The highest BCUT2D eigenvalue weighted by Crippen LogP contribution is 2.23. The van der Waals surface area contributed by atoms with Crippen LogP contribution in [0.15, 0.2) is 40.2 Å². The molecule has 0 saturated heterocycles. The van der Waals surface area contributed by atoms with Gasteiger partial charge in [0, 0.05) is 15.8 Å². The normalized spacial score (nSPS) is 10.6. The van der Waals surface area contributed by atoms with Gasteiger partial charge in [0.05, 0.1) is 20.3 Å². The Morgan fingerprint density at radius 2 is 2.17 bits per heavy atom. The van der Waals surface area contributed by atoms with Crippen molar-refractivity contribution in [3.63, 3.8) is 0 Å². The Kier molecular flexibility index (Phi) is 5.23. The second kappa shape index (κ2) is 6.92. The van der Waals surface area contributed by atoms with Crippen LogP contribution in [0.2, 0.25) is 0 Å². The van der Waals surface area contributed by atoms with Crippen LogP contribution < -0.4 is 4.74 Å². The van der Waals surface area contributed by atoms with Gasteiger partial charge in [0.15, 0.2) is 0 Å². The number of hydrogen-bond acceptors (Lipinski definition) is 3. The fourth-order valence-electron chi connectivity index (χ4n) is 1.60. The summed E-state index contributed by atoms with van der Waals surface area (Å²) in [4.78, 5) is 1.36. The summed E-state index contributed by atoms with van der Waals surface area (Å²) in [6, 6.07) is 10.1. The smallest absolute Gasteiger partial charge is 0.119 e. The highest BCUT2D eigenvalue weighted by atomic mass is 79.9. The second-order valence-electron chi connectivity index (χ2n) is 3.84. The van der Waals surface area contributed by atoms with E-state index in [2.05, 4.69) is 33.4 Å². The lowest BCUT2D eigenvalue weighted by Gasteiger charge is -2.08. The van der Waals surface area contributed by atoms with Gasteiger partial charge in [0.2, 0.25) is 0 Å². The van der Waals surface area contributed by atoms with Gasteiger partial charge >= 0.3 is 0 Å². The van der Waals surface area contributed by atoms with Crippen molar-refractivity contribution in [2.24, 2.45) is 0 Å². The van der Waals surface area contributed by atoms with Gasteiger partial charge in [-0.05, 0) is 35.2 Å². The Bertz CT molecular complexity index is 483. The van der Waals surface area contributed by atoms with Crippen LogP contribution in [0.3, 0.4) is 0 Å². The van der Waals surface area contributed by atoms with Crippen LogP contribution in [-0.2, 0) is 17.8 Å². The summed E-state index contributed by atoms with van der Waals surface area (Å²) < 4.78 is 11.9. The van der Waals surface area contributed by atoms with E-state index in [1.54, 1.807) is 18.4 Å². The first kappa shape index (κ1) is 13.6. The highest BCUT2D eigenvalue weighted by molar-refractivity contribution is 9.10. The number of halogens is 1. The number of ether oxygens (including phenoxy) is 2. The molecule has 0 bridgehead atoms. The van der Waals surface area contributed by atoms with E-state index in [1.807, 2.05) is 18.2 Å². The molecule has 0 aliphatic carbocycles. The van der Waals surface area contributed by atoms with Gasteiger partial charge in [0.25, 0.3) is 0 Å². The Balaban J connectivity index is 1.82. The van der Waals surface area contributed by atoms with E-state index in [-0.39, 0.29) is 0 Å². The highest BCUT2D eigenvalue weighted by Gasteiger charge is 2.02. The van der Waals surface area contributed by atoms with Crippen molar-refractivity contribution in [2.75, 3.05) is 13.7 Å². The quantitative estimate of drug-likeness (QED) is 0.738. The van der Waals surface area contributed by atoms with Crippen molar-refractivity contribution in [3.05, 3.63) is 50.6 Å². The molecule has 0 radical (unpaired) electrons. The molecule has 2 rings (SSSR count). The monoisotopic (exact) mass is 326 g/mol. The molecule has 1 heterocycles. The molecule has 0 N–H and O–H groups in total. The topological polar surface area (TPSA) is 18.5 Å². The third-order valence-corrected chi connectivity index (χ3v) is 4.29. The molecule has 4 heteroatoms. The number of methoxy groups -OCH3 is 1. The zero-order valence-corrected chi connectivity index (χ0v) is 12.6. The van der Waals surface area contributed by atoms with Gasteiger partial charge < -0.3 is 9.47 Å². The molecule has 0 amide bonds. The molecule has 0 atom stereocenters. The van der Waals surface area contributed by atoms with Crippen LogP contribution >= 0.6 is 27.3 Å². The summed E-state index contributed by atoms with van der Waals surface area (Å²) in [6.07, 6.45) is 0.971. The van der Waals surface area contributed by atoms with Crippen molar-refractivity contribution in [1.29, 1.82) is 0 Å². The standard InChI is InChI=1S/C14H15BrO2S/c1-16-12-4-5-14(15)11(9-12)10-17-7-6-13-3-2-8-18-13/h2-5,8-9H,6-7,10H2,1H3. The van der Waals surface area contributed by atoms with Gasteiger partial charge in [0.1, 0.15) is 5.75 Å². The zero-order valence-electron chi connectivity index (χ0n) is 10.2. The van der Waals surface area contributed by atoms with Gasteiger partial charge in [-0.15, -0.1) is 11.3 Å². The third-order valence-electron chi connectivity index (χ3n) is 2.58.